The number of ketones is 2. The van der Waals surface area contributed by atoms with Gasteiger partial charge in [0.05, 0.1) is 0 Å². The fourth-order valence-corrected chi connectivity index (χ4v) is 2.21. The Morgan fingerprint density at radius 2 is 2.24 bits per heavy atom. The van der Waals surface area contributed by atoms with Crippen molar-refractivity contribution in [1.29, 1.82) is 0 Å². The fourth-order valence-electron chi connectivity index (χ4n) is 2.21. The lowest BCUT2D eigenvalue weighted by atomic mass is 9.95. The van der Waals surface area contributed by atoms with E-state index in [0.717, 1.165) is 0 Å². The largest absolute Gasteiger partial charge is 0.485 e. The number of methoxy groups -OCH3 is 1. The zero-order chi connectivity index (χ0) is 15.4. The first-order valence-electron chi connectivity index (χ1n) is 6.48. The molecule has 0 saturated carbocycles. The number of fused-ring (bicyclic) bond motifs is 1. The van der Waals surface area contributed by atoms with Gasteiger partial charge in [0.1, 0.15) is 17.1 Å². The van der Waals surface area contributed by atoms with Gasteiger partial charge in [-0.1, -0.05) is 5.92 Å². The molecule has 1 aromatic rings. The minimum atomic E-state index is -0.170. The average Bonchev–Trinajstić information content (AvgIpc) is 2.83. The van der Waals surface area contributed by atoms with Gasteiger partial charge in [-0.05, 0) is 19.9 Å². The molecule has 0 amide bonds. The van der Waals surface area contributed by atoms with Gasteiger partial charge in [0.15, 0.2) is 19.2 Å². The summed E-state index contributed by atoms with van der Waals surface area (Å²) in [5, 5.41) is 0. The molecule has 1 aliphatic rings. The van der Waals surface area contributed by atoms with Crippen LogP contribution in [0.3, 0.4) is 0 Å². The van der Waals surface area contributed by atoms with Crippen molar-refractivity contribution in [2.24, 2.45) is 0 Å². The van der Waals surface area contributed by atoms with Crippen LogP contribution >= 0.6 is 0 Å². The molecule has 1 aliphatic heterocycles. The van der Waals surface area contributed by atoms with Gasteiger partial charge in [0.25, 0.3) is 0 Å². The van der Waals surface area contributed by atoms with Crippen molar-refractivity contribution in [2.45, 2.75) is 20.3 Å². The average molecular weight is 288 g/mol. The van der Waals surface area contributed by atoms with E-state index in [-0.39, 0.29) is 25.0 Å². The van der Waals surface area contributed by atoms with Crippen molar-refractivity contribution in [1.82, 2.24) is 0 Å². The highest BCUT2D eigenvalue weighted by Crippen LogP contribution is 2.39. The zero-order valence-corrected chi connectivity index (χ0v) is 12.2. The van der Waals surface area contributed by atoms with Crippen LogP contribution in [0.15, 0.2) is 6.07 Å². The first-order valence-corrected chi connectivity index (χ1v) is 6.48. The second-order valence-electron chi connectivity index (χ2n) is 4.53. The summed E-state index contributed by atoms with van der Waals surface area (Å²) in [5.74, 6) is 6.11. The standard InChI is InChI=1S/C16H16O5/c1-4-5-6-11-12(10(2)17)7-14-15(13(18)8-20-14)16(11)21-9-19-3/h7H,6,8-9H2,1-3H3. The van der Waals surface area contributed by atoms with E-state index in [0.29, 0.717) is 34.6 Å². The van der Waals surface area contributed by atoms with Gasteiger partial charge in [-0.3, -0.25) is 9.59 Å². The van der Waals surface area contributed by atoms with Crippen LogP contribution < -0.4 is 9.47 Å². The summed E-state index contributed by atoms with van der Waals surface area (Å²) < 4.78 is 15.8. The highest BCUT2D eigenvalue weighted by Gasteiger charge is 2.30. The molecule has 0 unspecified atom stereocenters. The van der Waals surface area contributed by atoms with E-state index in [2.05, 4.69) is 11.8 Å². The van der Waals surface area contributed by atoms with Crippen molar-refractivity contribution in [3.8, 4) is 23.3 Å². The molecule has 21 heavy (non-hydrogen) atoms. The van der Waals surface area contributed by atoms with Crippen molar-refractivity contribution in [3.63, 3.8) is 0 Å². The first-order chi connectivity index (χ1) is 10.1. The maximum absolute atomic E-state index is 12.0. The highest BCUT2D eigenvalue weighted by atomic mass is 16.7. The first kappa shape index (κ1) is 15.1. The third-order valence-electron chi connectivity index (χ3n) is 3.13. The normalized spacial score (nSPS) is 12.2. The van der Waals surface area contributed by atoms with E-state index >= 15 is 0 Å². The lowest BCUT2D eigenvalue weighted by Gasteiger charge is -2.15. The third-order valence-corrected chi connectivity index (χ3v) is 3.13. The van der Waals surface area contributed by atoms with Gasteiger partial charge in [0, 0.05) is 24.7 Å². The molecule has 0 saturated heterocycles. The molecule has 0 bridgehead atoms. The zero-order valence-electron chi connectivity index (χ0n) is 12.2. The molecule has 1 heterocycles. The van der Waals surface area contributed by atoms with Crippen LogP contribution in [0, 0.1) is 11.8 Å². The molecule has 0 fully saturated rings. The monoisotopic (exact) mass is 288 g/mol. The van der Waals surface area contributed by atoms with Gasteiger partial charge in [-0.15, -0.1) is 5.92 Å². The van der Waals surface area contributed by atoms with E-state index in [9.17, 15) is 9.59 Å². The van der Waals surface area contributed by atoms with Crippen LogP contribution in [0.1, 0.15) is 40.1 Å². The minimum Gasteiger partial charge on any atom is -0.485 e. The predicted octanol–water partition coefficient (Wildman–Crippen LogP) is 2.01. The van der Waals surface area contributed by atoms with Gasteiger partial charge in [0.2, 0.25) is 5.78 Å². The Labute approximate surface area is 123 Å². The molecule has 5 heteroatoms. The molecule has 1 aromatic carbocycles. The summed E-state index contributed by atoms with van der Waals surface area (Å²) >= 11 is 0. The van der Waals surface area contributed by atoms with Crippen LogP contribution in [0.5, 0.6) is 11.5 Å². The summed E-state index contributed by atoms with van der Waals surface area (Å²) in [6.45, 7) is 3.11. The molecule has 0 aromatic heterocycles. The Kier molecular flexibility index (Phi) is 4.61. The summed E-state index contributed by atoms with van der Waals surface area (Å²) in [6.07, 6.45) is 0.324. The molecule has 2 rings (SSSR count). The fraction of sp³-hybridized carbons (Fsp3) is 0.375. The Balaban J connectivity index is 2.65. The molecule has 110 valence electrons. The lowest BCUT2D eigenvalue weighted by molar-refractivity contribution is 0.0497. The smallest absolute Gasteiger partial charge is 0.207 e. The second-order valence-corrected chi connectivity index (χ2v) is 4.53. The highest BCUT2D eigenvalue weighted by molar-refractivity contribution is 6.07. The number of carbonyl (C=O) groups excluding carboxylic acids is 2. The predicted molar refractivity (Wildman–Crippen MR) is 75.9 cm³/mol. The van der Waals surface area contributed by atoms with E-state index in [1.807, 2.05) is 0 Å². The molecule has 0 aliphatic carbocycles. The van der Waals surface area contributed by atoms with E-state index in [1.54, 1.807) is 13.0 Å². The molecule has 0 spiro atoms. The Hall–Kier alpha value is -2.32. The summed E-state index contributed by atoms with van der Waals surface area (Å²) in [7, 11) is 1.49. The molecule has 0 N–H and O–H groups in total. The van der Waals surface area contributed by atoms with Crippen LogP contribution in [-0.4, -0.2) is 32.1 Å². The van der Waals surface area contributed by atoms with E-state index < -0.39 is 0 Å². The number of benzene rings is 1. The number of ether oxygens (including phenoxy) is 3. The Bertz CT molecular complexity index is 649. The van der Waals surface area contributed by atoms with Crippen molar-refractivity contribution in [3.05, 3.63) is 22.8 Å². The maximum atomic E-state index is 12.0. The maximum Gasteiger partial charge on any atom is 0.207 e. The van der Waals surface area contributed by atoms with Crippen LogP contribution in [-0.2, 0) is 11.2 Å². The number of Topliss-reactive ketones (excluding diaryl/α,β-unsaturated/α-hetero) is 2. The number of rotatable bonds is 5. The molecule has 5 nitrogen and oxygen atoms in total. The number of carbonyl (C=O) groups is 2. The quantitative estimate of drug-likeness (QED) is 0.471. The summed E-state index contributed by atoms with van der Waals surface area (Å²) in [4.78, 5) is 23.9. The Morgan fingerprint density at radius 3 is 2.86 bits per heavy atom. The van der Waals surface area contributed by atoms with Gasteiger partial charge < -0.3 is 14.2 Å². The molecule has 0 atom stereocenters. The Morgan fingerprint density at radius 1 is 1.48 bits per heavy atom. The van der Waals surface area contributed by atoms with Gasteiger partial charge in [-0.2, -0.15) is 0 Å². The molecular weight excluding hydrogens is 272 g/mol. The topological polar surface area (TPSA) is 61.8 Å². The van der Waals surface area contributed by atoms with Crippen LogP contribution in [0.4, 0.5) is 0 Å². The summed E-state index contributed by atoms with van der Waals surface area (Å²) in [6, 6.07) is 1.59. The molecule has 0 radical (unpaired) electrons. The third kappa shape index (κ3) is 2.91. The van der Waals surface area contributed by atoms with E-state index in [4.69, 9.17) is 14.2 Å². The summed E-state index contributed by atoms with van der Waals surface area (Å²) in [5.41, 5.74) is 1.42. The van der Waals surface area contributed by atoms with Crippen LogP contribution in [0.25, 0.3) is 0 Å². The molecular formula is C16H16O5. The van der Waals surface area contributed by atoms with E-state index in [1.165, 1.54) is 14.0 Å². The second kappa shape index (κ2) is 6.42. The van der Waals surface area contributed by atoms with Crippen molar-refractivity contribution < 1.29 is 23.8 Å². The number of hydrogen-bond donors (Lipinski definition) is 0. The SMILES string of the molecule is CC#CCc1c(C(C)=O)cc2c(c1OCOC)C(=O)CO2. The van der Waals surface area contributed by atoms with Crippen LogP contribution in [0.2, 0.25) is 0 Å². The minimum absolute atomic E-state index is 0.0202. The van der Waals surface area contributed by atoms with Gasteiger partial charge in [-0.25, -0.2) is 0 Å². The lowest BCUT2D eigenvalue weighted by Crippen LogP contribution is -2.10. The van der Waals surface area contributed by atoms with Crippen molar-refractivity contribution in [2.75, 3.05) is 20.5 Å². The van der Waals surface area contributed by atoms with Crippen molar-refractivity contribution >= 4 is 11.6 Å². The number of hydrogen-bond acceptors (Lipinski definition) is 5. The van der Waals surface area contributed by atoms with Gasteiger partial charge >= 0.3 is 0 Å².